The van der Waals surface area contributed by atoms with Crippen molar-refractivity contribution in [1.29, 1.82) is 0 Å². The lowest BCUT2D eigenvalue weighted by molar-refractivity contribution is 0.707. The van der Waals surface area contributed by atoms with Gasteiger partial charge in [0.1, 0.15) is 0 Å². The average molecular weight is 231 g/mol. The molecule has 2 heteroatoms. The van der Waals surface area contributed by atoms with Crippen LogP contribution in [0.5, 0.6) is 0 Å². The van der Waals surface area contributed by atoms with Gasteiger partial charge in [0.2, 0.25) is 0 Å². The highest BCUT2D eigenvalue weighted by Gasteiger charge is 2.11. The fourth-order valence-electron chi connectivity index (χ4n) is 1.83. The van der Waals surface area contributed by atoms with Crippen LogP contribution < -0.4 is 5.73 Å². The van der Waals surface area contributed by atoms with E-state index in [-0.39, 0.29) is 0 Å². The van der Waals surface area contributed by atoms with E-state index in [4.69, 9.17) is 5.73 Å². The van der Waals surface area contributed by atoms with Gasteiger partial charge in [0.05, 0.1) is 0 Å². The van der Waals surface area contributed by atoms with E-state index < -0.39 is 0 Å². The van der Waals surface area contributed by atoms with E-state index in [1.165, 1.54) is 16.0 Å². The maximum atomic E-state index is 5.85. The molecule has 0 aliphatic rings. The summed E-state index contributed by atoms with van der Waals surface area (Å²) in [6, 6.07) is 13.0. The van der Waals surface area contributed by atoms with E-state index in [2.05, 4.69) is 48.7 Å². The number of rotatable bonds is 4. The summed E-state index contributed by atoms with van der Waals surface area (Å²) < 4.78 is 0. The van der Waals surface area contributed by atoms with Crippen molar-refractivity contribution in [2.24, 2.45) is 5.73 Å². The molecule has 0 amide bonds. The van der Waals surface area contributed by atoms with Crippen LogP contribution in [-0.4, -0.2) is 6.54 Å². The third-order valence-electron chi connectivity index (χ3n) is 2.83. The molecule has 1 atom stereocenters. The van der Waals surface area contributed by atoms with E-state index in [0.717, 1.165) is 6.42 Å². The summed E-state index contributed by atoms with van der Waals surface area (Å²) in [6.45, 7) is 2.83. The van der Waals surface area contributed by atoms with Crippen LogP contribution in [0.4, 0.5) is 0 Å². The Morgan fingerprint density at radius 2 is 1.94 bits per heavy atom. The fraction of sp³-hybridized carbons (Fsp3) is 0.286. The standard InChI is InChI=1S/C14H17NS/c1-11-4-6-12(7-5-11)9-13(10-15)14-3-2-8-16-14/h2-8,13H,9-10,15H2,1H3. The third-order valence-corrected chi connectivity index (χ3v) is 3.87. The maximum Gasteiger partial charge on any atom is 0.00958 e. The first-order valence-electron chi connectivity index (χ1n) is 5.58. The Hall–Kier alpha value is -1.12. The SMILES string of the molecule is Cc1ccc(CC(CN)c2cccs2)cc1. The minimum Gasteiger partial charge on any atom is -0.330 e. The zero-order chi connectivity index (χ0) is 11.4. The lowest BCUT2D eigenvalue weighted by atomic mass is 9.97. The second kappa shape index (κ2) is 5.28. The zero-order valence-corrected chi connectivity index (χ0v) is 10.3. The van der Waals surface area contributed by atoms with E-state index in [1.54, 1.807) is 11.3 Å². The van der Waals surface area contributed by atoms with E-state index in [1.807, 2.05) is 0 Å². The summed E-state index contributed by atoms with van der Waals surface area (Å²) in [5.74, 6) is 0.461. The minimum atomic E-state index is 0.461. The van der Waals surface area contributed by atoms with Crippen LogP contribution in [0.3, 0.4) is 0 Å². The molecule has 1 heterocycles. The molecule has 0 saturated carbocycles. The van der Waals surface area contributed by atoms with Gasteiger partial charge in [-0.1, -0.05) is 35.9 Å². The second-order valence-corrected chi connectivity index (χ2v) is 5.12. The molecule has 1 nitrogen and oxygen atoms in total. The number of nitrogens with two attached hydrogens (primary N) is 1. The van der Waals surface area contributed by atoms with Crippen molar-refractivity contribution in [3.63, 3.8) is 0 Å². The Labute approximate surface area is 101 Å². The average Bonchev–Trinajstić information content (AvgIpc) is 2.82. The van der Waals surface area contributed by atoms with Crippen molar-refractivity contribution in [3.05, 3.63) is 57.8 Å². The van der Waals surface area contributed by atoms with Gasteiger partial charge >= 0.3 is 0 Å². The van der Waals surface area contributed by atoms with Crippen LogP contribution >= 0.6 is 11.3 Å². The van der Waals surface area contributed by atoms with Gasteiger partial charge in [-0.2, -0.15) is 0 Å². The molecule has 2 aromatic rings. The highest BCUT2D eigenvalue weighted by molar-refractivity contribution is 7.10. The van der Waals surface area contributed by atoms with E-state index >= 15 is 0 Å². The summed E-state index contributed by atoms with van der Waals surface area (Å²) in [7, 11) is 0. The summed E-state index contributed by atoms with van der Waals surface area (Å²) in [4.78, 5) is 1.39. The molecule has 0 saturated heterocycles. The predicted octanol–water partition coefficient (Wildman–Crippen LogP) is 3.34. The van der Waals surface area contributed by atoms with Crippen molar-refractivity contribution >= 4 is 11.3 Å². The Morgan fingerprint density at radius 1 is 1.19 bits per heavy atom. The lowest BCUT2D eigenvalue weighted by Gasteiger charge is -2.13. The van der Waals surface area contributed by atoms with Crippen molar-refractivity contribution in [2.45, 2.75) is 19.3 Å². The number of benzene rings is 1. The van der Waals surface area contributed by atoms with Gasteiger partial charge < -0.3 is 5.73 Å². The lowest BCUT2D eigenvalue weighted by Crippen LogP contribution is -2.13. The molecule has 1 aromatic carbocycles. The Bertz CT molecular complexity index is 417. The molecule has 1 unspecified atom stereocenters. The fourth-order valence-corrected chi connectivity index (χ4v) is 2.68. The van der Waals surface area contributed by atoms with Gasteiger partial charge in [-0.05, 0) is 30.4 Å². The normalized spacial score (nSPS) is 12.6. The predicted molar refractivity (Wildman–Crippen MR) is 71.0 cm³/mol. The molecule has 84 valence electrons. The summed E-state index contributed by atoms with van der Waals surface area (Å²) >= 11 is 1.80. The van der Waals surface area contributed by atoms with Crippen LogP contribution in [0.15, 0.2) is 41.8 Å². The Balaban J connectivity index is 2.10. The molecule has 0 aliphatic heterocycles. The zero-order valence-electron chi connectivity index (χ0n) is 9.52. The molecule has 0 aliphatic carbocycles. The molecular formula is C14H17NS. The van der Waals surface area contributed by atoms with Crippen molar-refractivity contribution in [3.8, 4) is 0 Å². The molecule has 0 bridgehead atoms. The summed E-state index contributed by atoms with van der Waals surface area (Å²) in [6.07, 6.45) is 1.04. The van der Waals surface area contributed by atoms with E-state index in [0.29, 0.717) is 12.5 Å². The number of thiophene rings is 1. The van der Waals surface area contributed by atoms with Crippen molar-refractivity contribution in [1.82, 2.24) is 0 Å². The highest BCUT2D eigenvalue weighted by atomic mass is 32.1. The van der Waals surface area contributed by atoms with Crippen LogP contribution in [0.25, 0.3) is 0 Å². The monoisotopic (exact) mass is 231 g/mol. The Kier molecular flexibility index (Phi) is 3.75. The molecule has 16 heavy (non-hydrogen) atoms. The van der Waals surface area contributed by atoms with Crippen LogP contribution in [0.1, 0.15) is 21.9 Å². The topological polar surface area (TPSA) is 26.0 Å². The van der Waals surface area contributed by atoms with Gasteiger partial charge in [0.15, 0.2) is 0 Å². The number of aryl methyl sites for hydroxylation is 1. The smallest absolute Gasteiger partial charge is 0.00958 e. The van der Waals surface area contributed by atoms with Crippen LogP contribution in [-0.2, 0) is 6.42 Å². The molecule has 2 rings (SSSR count). The maximum absolute atomic E-state index is 5.85. The molecular weight excluding hydrogens is 214 g/mol. The first-order valence-corrected chi connectivity index (χ1v) is 6.46. The van der Waals surface area contributed by atoms with Crippen molar-refractivity contribution < 1.29 is 0 Å². The third kappa shape index (κ3) is 2.71. The Morgan fingerprint density at radius 3 is 2.50 bits per heavy atom. The molecule has 1 aromatic heterocycles. The quantitative estimate of drug-likeness (QED) is 0.858. The second-order valence-electron chi connectivity index (χ2n) is 4.14. The van der Waals surface area contributed by atoms with Crippen molar-refractivity contribution in [2.75, 3.05) is 6.54 Å². The molecule has 0 radical (unpaired) electrons. The molecule has 0 fully saturated rings. The number of hydrogen-bond acceptors (Lipinski definition) is 2. The number of hydrogen-bond donors (Lipinski definition) is 1. The molecule has 0 spiro atoms. The van der Waals surface area contributed by atoms with Gasteiger partial charge in [-0.25, -0.2) is 0 Å². The summed E-state index contributed by atoms with van der Waals surface area (Å²) in [5.41, 5.74) is 8.53. The first kappa shape index (κ1) is 11.4. The van der Waals surface area contributed by atoms with Crippen LogP contribution in [0.2, 0.25) is 0 Å². The largest absolute Gasteiger partial charge is 0.330 e. The first-order chi connectivity index (χ1) is 7.79. The van der Waals surface area contributed by atoms with Gasteiger partial charge in [-0.15, -0.1) is 11.3 Å². The van der Waals surface area contributed by atoms with Gasteiger partial charge in [0, 0.05) is 17.3 Å². The van der Waals surface area contributed by atoms with Crippen LogP contribution in [0, 0.1) is 6.92 Å². The minimum absolute atomic E-state index is 0.461. The summed E-state index contributed by atoms with van der Waals surface area (Å²) in [5, 5.41) is 2.12. The van der Waals surface area contributed by atoms with Gasteiger partial charge in [0.25, 0.3) is 0 Å². The molecule has 2 N–H and O–H groups in total. The van der Waals surface area contributed by atoms with Gasteiger partial charge in [-0.3, -0.25) is 0 Å². The van der Waals surface area contributed by atoms with E-state index in [9.17, 15) is 0 Å². The highest BCUT2D eigenvalue weighted by Crippen LogP contribution is 2.24.